The van der Waals surface area contributed by atoms with Gasteiger partial charge in [-0.05, 0) is 25.3 Å². The van der Waals surface area contributed by atoms with Gasteiger partial charge < -0.3 is 10.1 Å². The maximum absolute atomic E-state index is 5.89. The van der Waals surface area contributed by atoms with E-state index in [2.05, 4.69) is 25.5 Å². The molecule has 1 aliphatic rings. The number of nitrogens with one attached hydrogen (secondary N) is 2. The molecule has 6 nitrogen and oxygen atoms in total. The standard InChI is InChI=1S/C18H19N5O/c1-12(13-5-3-2-4-6-13)24-18-11-19-10-17(21-18)20-16-9-15(22-23-16)14-7-8-14/h2-6,9-12,14H,7-8H2,1H3,(H2,20,21,22,23)/t12-/m0/s1. The largest absolute Gasteiger partial charge is 0.469 e. The Morgan fingerprint density at radius 2 is 2.00 bits per heavy atom. The molecule has 122 valence electrons. The minimum atomic E-state index is -0.0948. The zero-order valence-electron chi connectivity index (χ0n) is 13.4. The van der Waals surface area contributed by atoms with Gasteiger partial charge in [0.15, 0.2) is 11.6 Å². The van der Waals surface area contributed by atoms with Crippen LogP contribution in [-0.4, -0.2) is 20.2 Å². The Balaban J connectivity index is 1.44. The predicted molar refractivity (Wildman–Crippen MR) is 91.4 cm³/mol. The Hall–Kier alpha value is -2.89. The van der Waals surface area contributed by atoms with E-state index in [0.717, 1.165) is 11.4 Å². The van der Waals surface area contributed by atoms with Crippen LogP contribution in [0.1, 0.15) is 43.0 Å². The molecule has 0 radical (unpaired) electrons. The van der Waals surface area contributed by atoms with E-state index in [4.69, 9.17) is 4.74 Å². The Morgan fingerprint density at radius 1 is 1.17 bits per heavy atom. The molecular formula is C18H19N5O. The van der Waals surface area contributed by atoms with Gasteiger partial charge in [-0.25, -0.2) is 0 Å². The van der Waals surface area contributed by atoms with Crippen molar-refractivity contribution >= 4 is 11.6 Å². The molecule has 24 heavy (non-hydrogen) atoms. The van der Waals surface area contributed by atoms with Crippen LogP contribution in [0.5, 0.6) is 5.88 Å². The van der Waals surface area contributed by atoms with Crippen LogP contribution >= 0.6 is 0 Å². The van der Waals surface area contributed by atoms with Crippen molar-refractivity contribution in [3.63, 3.8) is 0 Å². The number of ether oxygens (including phenoxy) is 1. The molecule has 3 aromatic rings. The van der Waals surface area contributed by atoms with Crippen LogP contribution in [0.15, 0.2) is 48.8 Å². The number of benzene rings is 1. The van der Waals surface area contributed by atoms with Gasteiger partial charge in [-0.2, -0.15) is 10.1 Å². The summed E-state index contributed by atoms with van der Waals surface area (Å²) >= 11 is 0. The molecule has 1 fully saturated rings. The average molecular weight is 321 g/mol. The van der Waals surface area contributed by atoms with E-state index in [9.17, 15) is 0 Å². The van der Waals surface area contributed by atoms with E-state index in [1.165, 1.54) is 18.5 Å². The molecule has 0 unspecified atom stereocenters. The molecule has 0 spiro atoms. The van der Waals surface area contributed by atoms with Gasteiger partial charge in [0, 0.05) is 17.7 Å². The topological polar surface area (TPSA) is 75.7 Å². The van der Waals surface area contributed by atoms with Crippen LogP contribution in [-0.2, 0) is 0 Å². The SMILES string of the molecule is C[C@H](Oc1cncc(Nc2cc(C3CC3)[nH]n2)n1)c1ccccc1. The zero-order valence-corrected chi connectivity index (χ0v) is 13.4. The molecule has 2 aromatic heterocycles. The summed E-state index contributed by atoms with van der Waals surface area (Å²) in [7, 11) is 0. The quantitative estimate of drug-likeness (QED) is 0.718. The second-order valence-electron chi connectivity index (χ2n) is 6.02. The number of aromatic nitrogens is 4. The molecule has 2 heterocycles. The van der Waals surface area contributed by atoms with E-state index in [-0.39, 0.29) is 6.10 Å². The average Bonchev–Trinajstić information content (AvgIpc) is 3.36. The Kier molecular flexibility index (Phi) is 3.86. The first-order valence-corrected chi connectivity index (χ1v) is 8.14. The summed E-state index contributed by atoms with van der Waals surface area (Å²) in [6.07, 6.45) is 5.66. The molecule has 1 saturated carbocycles. The maximum Gasteiger partial charge on any atom is 0.234 e. The van der Waals surface area contributed by atoms with Crippen LogP contribution in [0.3, 0.4) is 0 Å². The van der Waals surface area contributed by atoms with Crippen molar-refractivity contribution in [1.82, 2.24) is 20.2 Å². The van der Waals surface area contributed by atoms with Gasteiger partial charge in [0.2, 0.25) is 5.88 Å². The molecular weight excluding hydrogens is 302 g/mol. The summed E-state index contributed by atoms with van der Waals surface area (Å²) in [4.78, 5) is 8.65. The lowest BCUT2D eigenvalue weighted by Crippen LogP contribution is -2.05. The molecule has 1 aromatic carbocycles. The number of rotatable bonds is 6. The summed E-state index contributed by atoms with van der Waals surface area (Å²) in [6.45, 7) is 1.99. The van der Waals surface area contributed by atoms with Gasteiger partial charge in [0.05, 0.1) is 12.4 Å². The lowest BCUT2D eigenvalue weighted by Gasteiger charge is -2.14. The van der Waals surface area contributed by atoms with Crippen molar-refractivity contribution in [2.24, 2.45) is 0 Å². The molecule has 0 aliphatic heterocycles. The van der Waals surface area contributed by atoms with Crippen molar-refractivity contribution in [1.29, 1.82) is 0 Å². The van der Waals surface area contributed by atoms with Crippen molar-refractivity contribution in [2.75, 3.05) is 5.32 Å². The first-order valence-electron chi connectivity index (χ1n) is 8.14. The third-order valence-electron chi connectivity index (χ3n) is 4.05. The number of anilines is 2. The number of H-pyrrole nitrogens is 1. The minimum Gasteiger partial charge on any atom is -0.469 e. The van der Waals surface area contributed by atoms with Crippen LogP contribution in [0.4, 0.5) is 11.6 Å². The van der Waals surface area contributed by atoms with Gasteiger partial charge in [0.25, 0.3) is 0 Å². The van der Waals surface area contributed by atoms with E-state index in [1.807, 2.05) is 43.3 Å². The molecule has 1 aliphatic carbocycles. The van der Waals surface area contributed by atoms with E-state index in [1.54, 1.807) is 12.4 Å². The highest BCUT2D eigenvalue weighted by molar-refractivity contribution is 5.51. The number of nitrogens with zero attached hydrogens (tertiary/aromatic N) is 3. The molecule has 4 rings (SSSR count). The van der Waals surface area contributed by atoms with Gasteiger partial charge in [0.1, 0.15) is 6.10 Å². The lowest BCUT2D eigenvalue weighted by molar-refractivity contribution is 0.217. The molecule has 0 bridgehead atoms. The van der Waals surface area contributed by atoms with Crippen molar-refractivity contribution in [3.05, 3.63) is 60.0 Å². The number of aromatic amines is 1. The molecule has 2 N–H and O–H groups in total. The zero-order chi connectivity index (χ0) is 16.4. The minimum absolute atomic E-state index is 0.0948. The second kappa shape index (κ2) is 6.31. The molecule has 0 saturated heterocycles. The maximum atomic E-state index is 5.89. The van der Waals surface area contributed by atoms with E-state index in [0.29, 0.717) is 17.6 Å². The predicted octanol–water partition coefficient (Wildman–Crippen LogP) is 3.96. The van der Waals surface area contributed by atoms with Gasteiger partial charge >= 0.3 is 0 Å². The summed E-state index contributed by atoms with van der Waals surface area (Å²) in [5.74, 6) is 2.48. The van der Waals surface area contributed by atoms with E-state index >= 15 is 0 Å². The van der Waals surface area contributed by atoms with Crippen LogP contribution in [0.25, 0.3) is 0 Å². The Morgan fingerprint density at radius 3 is 2.79 bits per heavy atom. The van der Waals surface area contributed by atoms with Crippen molar-refractivity contribution < 1.29 is 4.74 Å². The Labute approximate surface area is 140 Å². The van der Waals surface area contributed by atoms with E-state index < -0.39 is 0 Å². The first-order chi connectivity index (χ1) is 11.8. The lowest BCUT2D eigenvalue weighted by atomic mass is 10.1. The van der Waals surface area contributed by atoms with Gasteiger partial charge in [-0.3, -0.25) is 10.1 Å². The van der Waals surface area contributed by atoms with Crippen LogP contribution < -0.4 is 10.1 Å². The fourth-order valence-corrected chi connectivity index (χ4v) is 2.57. The van der Waals surface area contributed by atoms with Crippen molar-refractivity contribution in [2.45, 2.75) is 31.8 Å². The van der Waals surface area contributed by atoms with Crippen LogP contribution in [0, 0.1) is 0 Å². The summed E-state index contributed by atoms with van der Waals surface area (Å²) in [5, 5.41) is 10.5. The third-order valence-corrected chi connectivity index (χ3v) is 4.05. The van der Waals surface area contributed by atoms with Gasteiger partial charge in [-0.15, -0.1) is 0 Å². The monoisotopic (exact) mass is 321 g/mol. The normalized spacial score (nSPS) is 15.0. The summed E-state index contributed by atoms with van der Waals surface area (Å²) in [5.41, 5.74) is 2.27. The first kappa shape index (κ1) is 14.7. The highest BCUT2D eigenvalue weighted by Crippen LogP contribution is 2.39. The number of hydrogen-bond acceptors (Lipinski definition) is 5. The second-order valence-corrected chi connectivity index (χ2v) is 6.02. The fraction of sp³-hybridized carbons (Fsp3) is 0.278. The highest BCUT2D eigenvalue weighted by Gasteiger charge is 2.25. The van der Waals surface area contributed by atoms with Gasteiger partial charge in [-0.1, -0.05) is 30.3 Å². The molecule has 1 atom stereocenters. The van der Waals surface area contributed by atoms with Crippen LogP contribution in [0.2, 0.25) is 0 Å². The van der Waals surface area contributed by atoms with Crippen molar-refractivity contribution in [3.8, 4) is 5.88 Å². The summed E-state index contributed by atoms with van der Waals surface area (Å²) in [6, 6.07) is 12.1. The third kappa shape index (κ3) is 3.37. The molecule has 0 amide bonds. The fourth-order valence-electron chi connectivity index (χ4n) is 2.57. The smallest absolute Gasteiger partial charge is 0.234 e. The highest BCUT2D eigenvalue weighted by atomic mass is 16.5. The number of hydrogen-bond donors (Lipinski definition) is 2. The Bertz CT molecular complexity index is 813. The summed E-state index contributed by atoms with van der Waals surface area (Å²) < 4.78 is 5.89. The molecule has 6 heteroatoms.